The number of carbonyl (C=O) groups excluding carboxylic acids is 1. The van der Waals surface area contributed by atoms with Crippen LogP contribution in [0.25, 0.3) is 0 Å². The molecule has 2 aromatic rings. The van der Waals surface area contributed by atoms with Crippen LogP contribution in [0.4, 0.5) is 16.3 Å². The monoisotopic (exact) mass is 416 g/mol. The summed E-state index contributed by atoms with van der Waals surface area (Å²) < 4.78 is 0. The first-order chi connectivity index (χ1) is 13.6. The summed E-state index contributed by atoms with van der Waals surface area (Å²) in [5.74, 6) is 0.632. The fourth-order valence-corrected chi connectivity index (χ4v) is 4.14. The van der Waals surface area contributed by atoms with E-state index in [-0.39, 0.29) is 22.9 Å². The maximum atomic E-state index is 13.0. The van der Waals surface area contributed by atoms with Gasteiger partial charge in [-0.15, -0.1) is 0 Å². The van der Waals surface area contributed by atoms with Crippen molar-refractivity contribution >= 4 is 40.7 Å². The van der Waals surface area contributed by atoms with Gasteiger partial charge in [0.15, 0.2) is 10.8 Å². The van der Waals surface area contributed by atoms with Gasteiger partial charge in [0.05, 0.1) is 12.2 Å². The highest BCUT2D eigenvalue weighted by Crippen LogP contribution is 2.28. The van der Waals surface area contributed by atoms with Crippen molar-refractivity contribution in [1.29, 1.82) is 5.26 Å². The summed E-state index contributed by atoms with van der Waals surface area (Å²) in [6, 6.07) is 9.36. The number of carbonyl (C=O) groups is 1. The lowest BCUT2D eigenvalue weighted by molar-refractivity contribution is 0.192. The van der Waals surface area contributed by atoms with Gasteiger partial charge in [-0.05, 0) is 31.0 Å². The minimum atomic E-state index is -0.00179. The second-order valence-electron chi connectivity index (χ2n) is 6.83. The Morgan fingerprint density at radius 1 is 1.21 bits per heavy atom. The van der Waals surface area contributed by atoms with Gasteiger partial charge in [0.25, 0.3) is 0 Å². The average molecular weight is 417 g/mol. The maximum absolute atomic E-state index is 13.0. The topological polar surface area (TPSA) is 76.4 Å². The van der Waals surface area contributed by atoms with Crippen LogP contribution in [-0.4, -0.2) is 53.1 Å². The van der Waals surface area contributed by atoms with Gasteiger partial charge >= 0.3 is 6.03 Å². The third-order valence-electron chi connectivity index (χ3n) is 5.15. The van der Waals surface area contributed by atoms with Gasteiger partial charge < -0.3 is 9.80 Å². The molecule has 2 amide bonds. The van der Waals surface area contributed by atoms with Crippen LogP contribution in [0.2, 0.25) is 10.2 Å². The molecule has 0 saturated carbocycles. The summed E-state index contributed by atoms with van der Waals surface area (Å²) in [6.45, 7) is 2.78. The molecule has 1 aromatic heterocycles. The quantitative estimate of drug-likeness (QED) is 0.763. The van der Waals surface area contributed by atoms with Crippen molar-refractivity contribution in [3.63, 3.8) is 0 Å². The number of urea groups is 1. The van der Waals surface area contributed by atoms with Crippen LogP contribution < -0.4 is 9.80 Å². The lowest BCUT2D eigenvalue weighted by Crippen LogP contribution is -2.49. The van der Waals surface area contributed by atoms with Crippen LogP contribution in [0.3, 0.4) is 0 Å². The molecule has 2 aliphatic rings. The summed E-state index contributed by atoms with van der Waals surface area (Å²) in [6.07, 6.45) is 3.44. The molecule has 1 atom stereocenters. The second-order valence-corrected chi connectivity index (χ2v) is 7.62. The number of amides is 2. The summed E-state index contributed by atoms with van der Waals surface area (Å²) in [5, 5.41) is 9.68. The Bertz CT molecular complexity index is 946. The van der Waals surface area contributed by atoms with Crippen molar-refractivity contribution in [3.8, 4) is 6.07 Å². The number of hydrogen-bond donors (Lipinski definition) is 0. The van der Waals surface area contributed by atoms with Gasteiger partial charge in [-0.25, -0.2) is 14.8 Å². The van der Waals surface area contributed by atoms with E-state index in [1.165, 1.54) is 0 Å². The summed E-state index contributed by atoms with van der Waals surface area (Å²) in [4.78, 5) is 27.1. The van der Waals surface area contributed by atoms with E-state index in [4.69, 9.17) is 28.5 Å². The van der Waals surface area contributed by atoms with Crippen LogP contribution in [-0.2, 0) is 0 Å². The van der Waals surface area contributed by atoms with Gasteiger partial charge in [-0.1, -0.05) is 29.3 Å². The van der Waals surface area contributed by atoms with Crippen molar-refractivity contribution in [3.05, 3.63) is 46.3 Å². The van der Waals surface area contributed by atoms with Crippen LogP contribution in [0.15, 0.2) is 30.5 Å². The molecule has 0 aliphatic carbocycles. The standard InChI is InChI=1S/C19H18Cl2N6O/c20-13-3-1-4-14(9-13)26-7-8-27(19(26)28)15-5-2-6-25(12-15)17-11-23-16(10-22)18(21)24-17/h1,3-4,9,11,15H,2,5-8,12H2/t15-/m1/s1. The Kier molecular flexibility index (Phi) is 5.25. The summed E-state index contributed by atoms with van der Waals surface area (Å²) >= 11 is 12.1. The molecular formula is C19H18Cl2N6O. The molecule has 144 valence electrons. The van der Waals surface area contributed by atoms with E-state index in [0.717, 1.165) is 25.1 Å². The van der Waals surface area contributed by atoms with Gasteiger partial charge in [-0.2, -0.15) is 5.26 Å². The Morgan fingerprint density at radius 3 is 2.82 bits per heavy atom. The molecule has 2 saturated heterocycles. The van der Waals surface area contributed by atoms with E-state index in [2.05, 4.69) is 14.9 Å². The molecule has 28 heavy (non-hydrogen) atoms. The first-order valence-corrected chi connectivity index (χ1v) is 9.83. The Balaban J connectivity index is 1.48. The highest BCUT2D eigenvalue weighted by molar-refractivity contribution is 6.31. The van der Waals surface area contributed by atoms with Crippen LogP contribution in [0, 0.1) is 11.3 Å². The van der Waals surface area contributed by atoms with E-state index < -0.39 is 0 Å². The number of piperidine rings is 1. The summed E-state index contributed by atoms with van der Waals surface area (Å²) in [5.41, 5.74) is 0.934. The largest absolute Gasteiger partial charge is 0.353 e. The molecule has 0 unspecified atom stereocenters. The molecule has 9 heteroatoms. The molecule has 0 N–H and O–H groups in total. The predicted molar refractivity (Wildman–Crippen MR) is 108 cm³/mol. The number of hydrogen-bond acceptors (Lipinski definition) is 5. The zero-order valence-electron chi connectivity index (χ0n) is 15.1. The minimum absolute atomic E-state index is 0.00179. The zero-order chi connectivity index (χ0) is 19.7. The Morgan fingerprint density at radius 2 is 2.07 bits per heavy atom. The van der Waals surface area contributed by atoms with Gasteiger partial charge in [0, 0.05) is 36.9 Å². The maximum Gasteiger partial charge on any atom is 0.324 e. The number of benzene rings is 1. The van der Waals surface area contributed by atoms with Crippen LogP contribution in [0.5, 0.6) is 0 Å². The summed E-state index contributed by atoms with van der Waals surface area (Å²) in [7, 11) is 0. The number of halogens is 2. The molecule has 4 rings (SSSR count). The third kappa shape index (κ3) is 3.58. The lowest BCUT2D eigenvalue weighted by Gasteiger charge is -2.37. The minimum Gasteiger partial charge on any atom is -0.353 e. The number of aromatic nitrogens is 2. The molecule has 2 aliphatic heterocycles. The molecule has 0 spiro atoms. The normalized spacial score (nSPS) is 19.8. The predicted octanol–water partition coefficient (Wildman–Crippen LogP) is 3.57. The average Bonchev–Trinajstić information content (AvgIpc) is 3.09. The van der Waals surface area contributed by atoms with Crippen molar-refractivity contribution < 1.29 is 4.79 Å². The fraction of sp³-hybridized carbons (Fsp3) is 0.368. The smallest absolute Gasteiger partial charge is 0.324 e. The highest BCUT2D eigenvalue weighted by atomic mass is 35.5. The van der Waals surface area contributed by atoms with E-state index in [9.17, 15) is 4.79 Å². The fourth-order valence-electron chi connectivity index (χ4n) is 3.78. The number of nitrogens with zero attached hydrogens (tertiary/aromatic N) is 6. The first kappa shape index (κ1) is 18.8. The Labute approximate surface area is 173 Å². The van der Waals surface area contributed by atoms with Gasteiger partial charge in [0.2, 0.25) is 0 Å². The van der Waals surface area contributed by atoms with E-state index >= 15 is 0 Å². The molecule has 0 bridgehead atoms. The molecule has 0 radical (unpaired) electrons. The van der Waals surface area contributed by atoms with E-state index in [0.29, 0.717) is 30.5 Å². The van der Waals surface area contributed by atoms with Crippen molar-refractivity contribution in [2.75, 3.05) is 36.0 Å². The second kappa shape index (κ2) is 7.82. The van der Waals surface area contributed by atoms with Gasteiger partial charge in [0.1, 0.15) is 11.9 Å². The van der Waals surface area contributed by atoms with Crippen LogP contribution in [0.1, 0.15) is 18.5 Å². The highest BCUT2D eigenvalue weighted by Gasteiger charge is 2.36. The Hall–Kier alpha value is -2.56. The van der Waals surface area contributed by atoms with Crippen LogP contribution >= 0.6 is 23.2 Å². The van der Waals surface area contributed by atoms with Crippen molar-refractivity contribution in [2.24, 2.45) is 0 Å². The number of anilines is 2. The number of rotatable bonds is 3. The molecule has 7 nitrogen and oxygen atoms in total. The molecular weight excluding hydrogens is 399 g/mol. The number of nitriles is 1. The first-order valence-electron chi connectivity index (χ1n) is 9.08. The SMILES string of the molecule is N#Cc1ncc(N2CCC[C@@H](N3CCN(c4cccc(Cl)c4)C3=O)C2)nc1Cl. The molecule has 1 aromatic carbocycles. The van der Waals surface area contributed by atoms with E-state index in [1.54, 1.807) is 17.2 Å². The third-order valence-corrected chi connectivity index (χ3v) is 5.64. The van der Waals surface area contributed by atoms with Crippen molar-refractivity contribution in [1.82, 2.24) is 14.9 Å². The zero-order valence-corrected chi connectivity index (χ0v) is 16.6. The molecule has 3 heterocycles. The molecule has 2 fully saturated rings. The van der Waals surface area contributed by atoms with Crippen molar-refractivity contribution in [2.45, 2.75) is 18.9 Å². The van der Waals surface area contributed by atoms with Gasteiger partial charge in [-0.3, -0.25) is 4.90 Å². The lowest BCUT2D eigenvalue weighted by atomic mass is 10.0. The van der Waals surface area contributed by atoms with E-state index in [1.807, 2.05) is 29.2 Å².